The molecule has 0 aromatic heterocycles. The zero-order valence-electron chi connectivity index (χ0n) is 11.2. The summed E-state index contributed by atoms with van der Waals surface area (Å²) in [6.07, 6.45) is 0.915. The lowest BCUT2D eigenvalue weighted by atomic mass is 9.98. The first kappa shape index (κ1) is 14.9. The van der Waals surface area contributed by atoms with Crippen molar-refractivity contribution in [1.82, 2.24) is 5.32 Å². The third-order valence-corrected chi connectivity index (χ3v) is 3.47. The molecule has 1 nitrogen and oxygen atoms in total. The average Bonchev–Trinajstić information content (AvgIpc) is 2.44. The third-order valence-electron chi connectivity index (χ3n) is 3.07. The van der Waals surface area contributed by atoms with Gasteiger partial charge in [-0.05, 0) is 42.3 Å². The SMILES string of the molecule is CCCNC(c1cccc(F)c1)c1cccc(F)c1Cl. The maximum Gasteiger partial charge on any atom is 0.142 e. The van der Waals surface area contributed by atoms with Crippen molar-refractivity contribution >= 4 is 11.6 Å². The predicted octanol–water partition coefficient (Wildman–Crippen LogP) is 4.71. The fourth-order valence-electron chi connectivity index (χ4n) is 2.13. The van der Waals surface area contributed by atoms with E-state index in [1.807, 2.05) is 6.92 Å². The number of benzene rings is 2. The summed E-state index contributed by atoms with van der Waals surface area (Å²) in [5.41, 5.74) is 1.34. The van der Waals surface area contributed by atoms with Gasteiger partial charge in [0.25, 0.3) is 0 Å². The minimum atomic E-state index is -0.469. The second-order valence-electron chi connectivity index (χ2n) is 4.59. The Morgan fingerprint density at radius 1 is 1.15 bits per heavy atom. The van der Waals surface area contributed by atoms with Gasteiger partial charge < -0.3 is 5.32 Å². The minimum Gasteiger partial charge on any atom is -0.306 e. The number of halogens is 3. The molecule has 1 unspecified atom stereocenters. The van der Waals surface area contributed by atoms with Crippen molar-refractivity contribution in [2.75, 3.05) is 6.54 Å². The standard InChI is InChI=1S/C16H16ClF2N/c1-2-9-20-16(11-5-3-6-12(18)10-11)13-7-4-8-14(19)15(13)17/h3-8,10,16,20H,2,9H2,1H3. The highest BCUT2D eigenvalue weighted by Crippen LogP contribution is 2.30. The quantitative estimate of drug-likeness (QED) is 0.842. The largest absolute Gasteiger partial charge is 0.306 e. The molecule has 2 rings (SSSR count). The number of rotatable bonds is 5. The van der Waals surface area contributed by atoms with Crippen molar-refractivity contribution in [3.05, 3.63) is 70.2 Å². The first-order valence-electron chi connectivity index (χ1n) is 6.56. The van der Waals surface area contributed by atoms with Crippen LogP contribution in [-0.2, 0) is 0 Å². The maximum atomic E-state index is 13.6. The van der Waals surface area contributed by atoms with Crippen LogP contribution in [0.5, 0.6) is 0 Å². The molecule has 4 heteroatoms. The van der Waals surface area contributed by atoms with Crippen molar-refractivity contribution in [2.24, 2.45) is 0 Å². The molecule has 2 aromatic rings. The van der Waals surface area contributed by atoms with E-state index in [1.165, 1.54) is 18.2 Å². The average molecular weight is 296 g/mol. The molecule has 0 spiro atoms. The minimum absolute atomic E-state index is 0.0744. The van der Waals surface area contributed by atoms with Crippen LogP contribution in [0, 0.1) is 11.6 Å². The van der Waals surface area contributed by atoms with Gasteiger partial charge in [-0.25, -0.2) is 8.78 Å². The predicted molar refractivity (Wildman–Crippen MR) is 77.9 cm³/mol. The zero-order chi connectivity index (χ0) is 14.5. The fourth-order valence-corrected chi connectivity index (χ4v) is 2.36. The maximum absolute atomic E-state index is 13.6. The Bertz CT molecular complexity index is 586. The highest BCUT2D eigenvalue weighted by molar-refractivity contribution is 6.31. The van der Waals surface area contributed by atoms with Crippen molar-refractivity contribution in [3.63, 3.8) is 0 Å². The molecule has 0 aliphatic rings. The highest BCUT2D eigenvalue weighted by atomic mass is 35.5. The van der Waals surface area contributed by atoms with Gasteiger partial charge in [0.15, 0.2) is 0 Å². The van der Waals surface area contributed by atoms with Crippen molar-refractivity contribution in [3.8, 4) is 0 Å². The lowest BCUT2D eigenvalue weighted by Crippen LogP contribution is -2.23. The van der Waals surface area contributed by atoms with Crippen LogP contribution < -0.4 is 5.32 Å². The van der Waals surface area contributed by atoms with Gasteiger partial charge in [0.2, 0.25) is 0 Å². The highest BCUT2D eigenvalue weighted by Gasteiger charge is 2.18. The molecule has 0 amide bonds. The lowest BCUT2D eigenvalue weighted by molar-refractivity contribution is 0.577. The van der Waals surface area contributed by atoms with Crippen molar-refractivity contribution < 1.29 is 8.78 Å². The normalized spacial score (nSPS) is 12.4. The summed E-state index contributed by atoms with van der Waals surface area (Å²) in [4.78, 5) is 0. The van der Waals surface area contributed by atoms with Gasteiger partial charge in [-0.3, -0.25) is 0 Å². The van der Waals surface area contributed by atoms with E-state index in [-0.39, 0.29) is 16.9 Å². The van der Waals surface area contributed by atoms with Crippen LogP contribution in [0.2, 0.25) is 5.02 Å². The zero-order valence-corrected chi connectivity index (χ0v) is 11.9. The van der Waals surface area contributed by atoms with E-state index in [9.17, 15) is 8.78 Å². The van der Waals surface area contributed by atoms with Gasteiger partial charge >= 0.3 is 0 Å². The summed E-state index contributed by atoms with van der Waals surface area (Å²) in [5, 5.41) is 3.35. The van der Waals surface area contributed by atoms with Gasteiger partial charge in [-0.2, -0.15) is 0 Å². The topological polar surface area (TPSA) is 12.0 Å². The molecule has 2 aromatic carbocycles. The Morgan fingerprint density at radius 2 is 1.90 bits per heavy atom. The van der Waals surface area contributed by atoms with Crippen molar-refractivity contribution in [1.29, 1.82) is 0 Å². The van der Waals surface area contributed by atoms with E-state index in [0.29, 0.717) is 5.56 Å². The summed E-state index contributed by atoms with van der Waals surface area (Å²) in [6, 6.07) is 10.6. The van der Waals surface area contributed by atoms with Crippen molar-refractivity contribution in [2.45, 2.75) is 19.4 Å². The Morgan fingerprint density at radius 3 is 2.60 bits per heavy atom. The summed E-state index contributed by atoms with van der Waals surface area (Å²) in [6.45, 7) is 2.76. The molecule has 0 aliphatic carbocycles. The molecule has 0 heterocycles. The Kier molecular flexibility index (Phi) is 5.10. The lowest BCUT2D eigenvalue weighted by Gasteiger charge is -2.21. The van der Waals surface area contributed by atoms with E-state index in [2.05, 4.69) is 5.32 Å². The molecule has 0 radical (unpaired) electrons. The van der Waals surface area contributed by atoms with E-state index < -0.39 is 5.82 Å². The van der Waals surface area contributed by atoms with Gasteiger partial charge in [0.05, 0.1) is 11.1 Å². The van der Waals surface area contributed by atoms with Crippen LogP contribution >= 0.6 is 11.6 Å². The summed E-state index contributed by atoms with van der Waals surface area (Å²) >= 11 is 6.05. The molecular weight excluding hydrogens is 280 g/mol. The second-order valence-corrected chi connectivity index (χ2v) is 4.96. The third kappa shape index (κ3) is 3.35. The van der Waals surface area contributed by atoms with Gasteiger partial charge in [-0.15, -0.1) is 0 Å². The molecule has 0 aliphatic heterocycles. The molecule has 0 saturated heterocycles. The number of nitrogens with one attached hydrogen (secondary N) is 1. The van der Waals surface area contributed by atoms with Crippen LogP contribution in [0.3, 0.4) is 0 Å². The smallest absolute Gasteiger partial charge is 0.142 e. The fraction of sp³-hybridized carbons (Fsp3) is 0.250. The summed E-state index contributed by atoms with van der Waals surface area (Å²) in [5.74, 6) is -0.790. The molecule has 0 saturated carbocycles. The van der Waals surface area contributed by atoms with E-state index in [1.54, 1.807) is 24.3 Å². The van der Waals surface area contributed by atoms with Crippen LogP contribution in [-0.4, -0.2) is 6.54 Å². The Labute approximate surface area is 122 Å². The Balaban J connectivity index is 2.44. The molecule has 106 valence electrons. The van der Waals surface area contributed by atoms with Gasteiger partial charge in [0.1, 0.15) is 11.6 Å². The van der Waals surface area contributed by atoms with E-state index in [0.717, 1.165) is 18.5 Å². The molecule has 20 heavy (non-hydrogen) atoms. The second kappa shape index (κ2) is 6.82. The Hall–Kier alpha value is -1.45. The monoisotopic (exact) mass is 295 g/mol. The number of hydrogen-bond acceptors (Lipinski definition) is 1. The molecule has 0 bridgehead atoms. The molecule has 1 N–H and O–H groups in total. The van der Waals surface area contributed by atoms with Crippen LogP contribution in [0.1, 0.15) is 30.5 Å². The summed E-state index contributed by atoms with van der Waals surface area (Å²) in [7, 11) is 0. The number of hydrogen-bond donors (Lipinski definition) is 1. The van der Waals surface area contributed by atoms with E-state index >= 15 is 0 Å². The van der Waals surface area contributed by atoms with Crippen LogP contribution in [0.25, 0.3) is 0 Å². The van der Waals surface area contributed by atoms with Gasteiger partial charge in [0, 0.05) is 0 Å². The van der Waals surface area contributed by atoms with Crippen LogP contribution in [0.15, 0.2) is 42.5 Å². The molecule has 1 atom stereocenters. The molecular formula is C16H16ClF2N. The first-order valence-corrected chi connectivity index (χ1v) is 6.94. The first-order chi connectivity index (χ1) is 9.63. The molecule has 0 fully saturated rings. The van der Waals surface area contributed by atoms with Crippen LogP contribution in [0.4, 0.5) is 8.78 Å². The van der Waals surface area contributed by atoms with Gasteiger partial charge in [-0.1, -0.05) is 42.8 Å². The van der Waals surface area contributed by atoms with E-state index in [4.69, 9.17) is 11.6 Å². The summed E-state index contributed by atoms with van der Waals surface area (Å²) < 4.78 is 27.0.